The molecule has 0 spiro atoms. The molecule has 5 heteroatoms. The van der Waals surface area contributed by atoms with Gasteiger partial charge < -0.3 is 9.64 Å². The second kappa shape index (κ2) is 7.04. The summed E-state index contributed by atoms with van der Waals surface area (Å²) in [5.74, 6) is 0.709. The van der Waals surface area contributed by atoms with Gasteiger partial charge in [-0.25, -0.2) is 4.98 Å². The van der Waals surface area contributed by atoms with Gasteiger partial charge in [0.25, 0.3) is 5.91 Å². The van der Waals surface area contributed by atoms with E-state index in [1.807, 2.05) is 31.2 Å². The van der Waals surface area contributed by atoms with Crippen molar-refractivity contribution in [2.45, 2.75) is 6.92 Å². The number of hydrogen-bond donors (Lipinski definition) is 0. The van der Waals surface area contributed by atoms with Crippen molar-refractivity contribution in [1.82, 2.24) is 9.88 Å². The summed E-state index contributed by atoms with van der Waals surface area (Å²) in [6.07, 6.45) is 1.70. The van der Waals surface area contributed by atoms with Crippen LogP contribution in [0.25, 0.3) is 10.6 Å². The van der Waals surface area contributed by atoms with E-state index >= 15 is 0 Å². The Balaban J connectivity index is 2.21. The average molecular weight is 302 g/mol. The molecular weight excluding hydrogens is 284 g/mol. The highest BCUT2D eigenvalue weighted by molar-refractivity contribution is 7.13. The maximum Gasteiger partial charge on any atom is 0.273 e. The van der Waals surface area contributed by atoms with E-state index in [1.54, 1.807) is 23.4 Å². The molecular formula is C16H18N2O2S. The van der Waals surface area contributed by atoms with E-state index < -0.39 is 0 Å². The fraction of sp³-hybridized carbons (Fsp3) is 0.250. The van der Waals surface area contributed by atoms with Crippen molar-refractivity contribution >= 4 is 17.2 Å². The molecule has 21 heavy (non-hydrogen) atoms. The number of carbonyl (C=O) groups excluding carboxylic acids is 1. The maximum atomic E-state index is 12.1. The molecule has 1 amide bonds. The van der Waals surface area contributed by atoms with Gasteiger partial charge in [-0.15, -0.1) is 11.3 Å². The van der Waals surface area contributed by atoms with Gasteiger partial charge in [0.2, 0.25) is 0 Å². The third kappa shape index (κ3) is 3.70. The maximum absolute atomic E-state index is 12.1. The number of ether oxygens (including phenoxy) is 1. The first kappa shape index (κ1) is 15.3. The average Bonchev–Trinajstić information content (AvgIpc) is 3.01. The first-order chi connectivity index (χ1) is 10.2. The fourth-order valence-electron chi connectivity index (χ4n) is 1.72. The molecule has 1 aromatic heterocycles. The standard InChI is InChI=1S/C16H18N2O2S/c1-4-9-20-13-8-6-7-12(10-13)15-17-14(11-21-15)16(19)18(3)5-2/h4,6-8,10-11H,1,5,9H2,2-3H3. The number of amides is 1. The van der Waals surface area contributed by atoms with Gasteiger partial charge in [0, 0.05) is 24.5 Å². The SMILES string of the molecule is C=CCOc1cccc(-c2nc(C(=O)N(C)CC)cs2)c1. The molecule has 1 heterocycles. The summed E-state index contributed by atoms with van der Waals surface area (Å²) in [5, 5.41) is 2.60. The molecule has 0 saturated heterocycles. The molecule has 0 aliphatic heterocycles. The molecule has 0 aliphatic carbocycles. The van der Waals surface area contributed by atoms with Crippen LogP contribution < -0.4 is 4.74 Å². The molecule has 0 aliphatic rings. The molecule has 110 valence electrons. The van der Waals surface area contributed by atoms with Crippen molar-refractivity contribution in [3.8, 4) is 16.3 Å². The Morgan fingerprint density at radius 1 is 1.52 bits per heavy atom. The van der Waals surface area contributed by atoms with Crippen LogP contribution in [0.1, 0.15) is 17.4 Å². The Hall–Kier alpha value is -2.14. The summed E-state index contributed by atoms with van der Waals surface area (Å²) in [4.78, 5) is 18.1. The monoisotopic (exact) mass is 302 g/mol. The van der Waals surface area contributed by atoms with E-state index in [0.717, 1.165) is 16.3 Å². The van der Waals surface area contributed by atoms with E-state index in [9.17, 15) is 4.79 Å². The van der Waals surface area contributed by atoms with Gasteiger partial charge >= 0.3 is 0 Å². The molecule has 2 aromatic rings. The van der Waals surface area contributed by atoms with Crippen LogP contribution in [-0.4, -0.2) is 36.0 Å². The van der Waals surface area contributed by atoms with Crippen LogP contribution in [0.15, 0.2) is 42.3 Å². The molecule has 0 radical (unpaired) electrons. The van der Waals surface area contributed by atoms with Crippen molar-refractivity contribution in [3.63, 3.8) is 0 Å². The minimum atomic E-state index is -0.0564. The van der Waals surface area contributed by atoms with Crippen molar-refractivity contribution in [2.24, 2.45) is 0 Å². The Labute approximate surface area is 128 Å². The van der Waals surface area contributed by atoms with Crippen LogP contribution in [0.3, 0.4) is 0 Å². The molecule has 4 nitrogen and oxygen atoms in total. The molecule has 2 rings (SSSR count). The summed E-state index contributed by atoms with van der Waals surface area (Å²) >= 11 is 1.46. The smallest absolute Gasteiger partial charge is 0.273 e. The molecule has 0 fully saturated rings. The van der Waals surface area contributed by atoms with E-state index in [4.69, 9.17) is 4.74 Å². The Bertz CT molecular complexity index is 637. The third-order valence-corrected chi connectivity index (χ3v) is 3.88. The molecule has 0 atom stereocenters. The largest absolute Gasteiger partial charge is 0.490 e. The number of carbonyl (C=O) groups is 1. The zero-order valence-corrected chi connectivity index (χ0v) is 13.0. The lowest BCUT2D eigenvalue weighted by Gasteiger charge is -2.11. The second-order valence-electron chi connectivity index (χ2n) is 4.48. The number of benzene rings is 1. The van der Waals surface area contributed by atoms with Crippen molar-refractivity contribution < 1.29 is 9.53 Å². The molecule has 0 saturated carbocycles. The minimum Gasteiger partial charge on any atom is -0.490 e. The number of aromatic nitrogens is 1. The van der Waals surface area contributed by atoms with E-state index in [1.165, 1.54) is 11.3 Å². The zero-order valence-electron chi connectivity index (χ0n) is 12.2. The van der Waals surface area contributed by atoms with Gasteiger partial charge in [0.05, 0.1) is 0 Å². The van der Waals surface area contributed by atoms with E-state index in [-0.39, 0.29) is 5.91 Å². The van der Waals surface area contributed by atoms with Gasteiger partial charge in [-0.05, 0) is 19.1 Å². The van der Waals surface area contributed by atoms with Crippen LogP contribution in [0, 0.1) is 0 Å². The summed E-state index contributed by atoms with van der Waals surface area (Å²) in [6, 6.07) is 7.67. The first-order valence-corrected chi connectivity index (χ1v) is 7.58. The van der Waals surface area contributed by atoms with Crippen LogP contribution in [0.2, 0.25) is 0 Å². The van der Waals surface area contributed by atoms with E-state index in [0.29, 0.717) is 18.8 Å². The van der Waals surface area contributed by atoms with Crippen LogP contribution in [0.5, 0.6) is 5.75 Å². The number of nitrogens with zero attached hydrogens (tertiary/aromatic N) is 2. The summed E-state index contributed by atoms with van der Waals surface area (Å²) < 4.78 is 5.51. The van der Waals surface area contributed by atoms with Gasteiger partial charge in [-0.3, -0.25) is 4.79 Å². The van der Waals surface area contributed by atoms with Gasteiger partial charge in [0.15, 0.2) is 0 Å². The highest BCUT2D eigenvalue weighted by atomic mass is 32.1. The zero-order chi connectivity index (χ0) is 15.2. The second-order valence-corrected chi connectivity index (χ2v) is 5.34. The highest BCUT2D eigenvalue weighted by Crippen LogP contribution is 2.27. The van der Waals surface area contributed by atoms with Crippen molar-refractivity contribution in [1.29, 1.82) is 0 Å². The Morgan fingerprint density at radius 3 is 3.05 bits per heavy atom. The number of hydrogen-bond acceptors (Lipinski definition) is 4. The van der Waals surface area contributed by atoms with Crippen LogP contribution in [-0.2, 0) is 0 Å². The van der Waals surface area contributed by atoms with Crippen molar-refractivity contribution in [3.05, 3.63) is 48.0 Å². The summed E-state index contributed by atoms with van der Waals surface area (Å²) in [7, 11) is 1.77. The lowest BCUT2D eigenvalue weighted by Crippen LogP contribution is -2.26. The highest BCUT2D eigenvalue weighted by Gasteiger charge is 2.15. The predicted octanol–water partition coefficient (Wildman–Crippen LogP) is 3.47. The summed E-state index contributed by atoms with van der Waals surface area (Å²) in [5.41, 5.74) is 1.43. The quantitative estimate of drug-likeness (QED) is 0.767. The number of thiazole rings is 1. The topological polar surface area (TPSA) is 42.4 Å². The Morgan fingerprint density at radius 2 is 2.33 bits per heavy atom. The van der Waals surface area contributed by atoms with Crippen molar-refractivity contribution in [2.75, 3.05) is 20.2 Å². The minimum absolute atomic E-state index is 0.0564. The lowest BCUT2D eigenvalue weighted by molar-refractivity contribution is 0.0797. The van der Waals surface area contributed by atoms with Gasteiger partial charge in [0.1, 0.15) is 23.1 Å². The lowest BCUT2D eigenvalue weighted by atomic mass is 10.2. The summed E-state index contributed by atoms with van der Waals surface area (Å²) in [6.45, 7) is 6.69. The molecule has 0 bridgehead atoms. The molecule has 0 N–H and O–H groups in total. The molecule has 1 aromatic carbocycles. The normalized spacial score (nSPS) is 10.2. The number of rotatable bonds is 6. The van der Waals surface area contributed by atoms with E-state index in [2.05, 4.69) is 11.6 Å². The van der Waals surface area contributed by atoms with Gasteiger partial charge in [-0.2, -0.15) is 0 Å². The third-order valence-electron chi connectivity index (χ3n) is 2.99. The van der Waals surface area contributed by atoms with Gasteiger partial charge in [-0.1, -0.05) is 24.8 Å². The van der Waals surface area contributed by atoms with Crippen LogP contribution >= 0.6 is 11.3 Å². The predicted molar refractivity (Wildman–Crippen MR) is 85.9 cm³/mol. The molecule has 0 unspecified atom stereocenters. The first-order valence-electron chi connectivity index (χ1n) is 6.70. The fourth-order valence-corrected chi connectivity index (χ4v) is 2.51. The van der Waals surface area contributed by atoms with Crippen LogP contribution in [0.4, 0.5) is 0 Å². The Kier molecular flexibility index (Phi) is 5.11.